The molecule has 0 amide bonds. The molecule has 0 fully saturated rings. The normalized spacial score (nSPS) is 11.3. The van der Waals surface area contributed by atoms with Gasteiger partial charge in [0.1, 0.15) is 0 Å². The predicted molar refractivity (Wildman–Crippen MR) is 110 cm³/mol. The van der Waals surface area contributed by atoms with E-state index in [2.05, 4.69) is 19.1 Å². The molecule has 2 heteroatoms. The second-order valence-corrected chi connectivity index (χ2v) is 7.17. The van der Waals surface area contributed by atoms with Crippen molar-refractivity contribution in [2.24, 2.45) is 0 Å². The van der Waals surface area contributed by atoms with Gasteiger partial charge in [-0.3, -0.25) is 4.79 Å². The molecule has 0 heterocycles. The van der Waals surface area contributed by atoms with Crippen molar-refractivity contribution in [3.8, 4) is 0 Å². The molecule has 0 saturated heterocycles. The van der Waals surface area contributed by atoms with E-state index < -0.39 is 0 Å². The van der Waals surface area contributed by atoms with Crippen LogP contribution >= 0.6 is 0 Å². The Labute approximate surface area is 157 Å². The number of rotatable bonds is 19. The maximum absolute atomic E-state index is 11.2. The predicted octanol–water partition coefficient (Wildman–Crippen LogP) is 7.76. The van der Waals surface area contributed by atoms with Gasteiger partial charge in [-0.1, -0.05) is 96.1 Å². The monoisotopic (exact) mass is 352 g/mol. The van der Waals surface area contributed by atoms with Gasteiger partial charge in [0, 0.05) is 6.42 Å². The zero-order chi connectivity index (χ0) is 18.4. The van der Waals surface area contributed by atoms with E-state index in [1.54, 1.807) is 0 Å². The van der Waals surface area contributed by atoms with E-state index in [1.165, 1.54) is 96.3 Å². The molecular weight excluding hydrogens is 308 g/mol. The Balaban J connectivity index is 3.05. The molecule has 0 aromatic rings. The van der Waals surface area contributed by atoms with Crippen molar-refractivity contribution in [1.29, 1.82) is 0 Å². The van der Waals surface area contributed by atoms with Crippen LogP contribution in [0.3, 0.4) is 0 Å². The van der Waals surface area contributed by atoms with Crippen LogP contribution in [0, 0.1) is 0 Å². The maximum atomic E-state index is 11.2. The van der Waals surface area contributed by atoms with Gasteiger partial charge in [0.05, 0.1) is 6.61 Å². The van der Waals surface area contributed by atoms with Gasteiger partial charge in [-0.05, 0) is 32.6 Å². The van der Waals surface area contributed by atoms with Gasteiger partial charge in [0.15, 0.2) is 0 Å². The summed E-state index contributed by atoms with van der Waals surface area (Å²) in [5, 5.41) is 0. The molecule has 0 unspecified atom stereocenters. The largest absolute Gasteiger partial charge is 0.466 e. The fourth-order valence-electron chi connectivity index (χ4n) is 3.17. The number of carbonyl (C=O) groups excluding carboxylic acids is 1. The molecule has 0 atom stereocenters. The van der Waals surface area contributed by atoms with Gasteiger partial charge in [-0.15, -0.1) is 0 Å². The standard InChI is InChI=1S/C23H44O2/c1-3-5-6-7-8-9-10-11-12-13-14-15-16-17-18-19-20-21-22-23(24)25-4-2/h5-6H,3-4,7-22H2,1-2H3/b6-5-. The first-order valence-corrected chi connectivity index (χ1v) is 11.1. The number of hydrogen-bond donors (Lipinski definition) is 0. The Morgan fingerprint density at radius 2 is 1.08 bits per heavy atom. The Bertz CT molecular complexity index is 296. The summed E-state index contributed by atoms with van der Waals surface area (Å²) in [5.74, 6) is -0.0316. The summed E-state index contributed by atoms with van der Waals surface area (Å²) in [6.07, 6.45) is 26.5. The SMILES string of the molecule is CC/C=C\CCCCCCCCCCCCCCCCC(=O)OCC. The number of hydrogen-bond acceptors (Lipinski definition) is 2. The summed E-state index contributed by atoms with van der Waals surface area (Å²) < 4.78 is 4.93. The summed E-state index contributed by atoms with van der Waals surface area (Å²) in [6, 6.07) is 0. The van der Waals surface area contributed by atoms with Crippen LogP contribution in [-0.2, 0) is 9.53 Å². The third-order valence-corrected chi connectivity index (χ3v) is 4.71. The average Bonchev–Trinajstić information content (AvgIpc) is 2.61. The summed E-state index contributed by atoms with van der Waals surface area (Å²) in [4.78, 5) is 11.2. The van der Waals surface area contributed by atoms with Gasteiger partial charge in [-0.25, -0.2) is 0 Å². The number of unbranched alkanes of at least 4 members (excludes halogenated alkanes) is 14. The minimum atomic E-state index is -0.0316. The Morgan fingerprint density at radius 3 is 1.52 bits per heavy atom. The molecule has 0 aliphatic rings. The lowest BCUT2D eigenvalue weighted by atomic mass is 10.0. The van der Waals surface area contributed by atoms with Crippen molar-refractivity contribution in [2.45, 2.75) is 123 Å². The van der Waals surface area contributed by atoms with Gasteiger partial charge in [0.25, 0.3) is 0 Å². The van der Waals surface area contributed by atoms with Crippen LogP contribution in [0.15, 0.2) is 12.2 Å². The molecule has 0 radical (unpaired) electrons. The molecule has 0 saturated carbocycles. The van der Waals surface area contributed by atoms with E-state index in [4.69, 9.17) is 4.74 Å². The summed E-state index contributed by atoms with van der Waals surface area (Å²) in [7, 11) is 0. The molecule has 0 N–H and O–H groups in total. The molecule has 148 valence electrons. The van der Waals surface area contributed by atoms with Gasteiger partial charge in [0.2, 0.25) is 0 Å². The highest BCUT2D eigenvalue weighted by molar-refractivity contribution is 5.69. The van der Waals surface area contributed by atoms with Crippen LogP contribution in [0.5, 0.6) is 0 Å². The fourth-order valence-corrected chi connectivity index (χ4v) is 3.17. The fraction of sp³-hybridized carbons (Fsp3) is 0.870. The van der Waals surface area contributed by atoms with Crippen LogP contribution in [0.1, 0.15) is 123 Å². The number of allylic oxidation sites excluding steroid dienone is 2. The van der Waals surface area contributed by atoms with E-state index in [9.17, 15) is 4.79 Å². The first-order chi connectivity index (χ1) is 12.3. The second kappa shape index (κ2) is 21.3. The van der Waals surface area contributed by atoms with Crippen molar-refractivity contribution in [1.82, 2.24) is 0 Å². The van der Waals surface area contributed by atoms with Gasteiger partial charge >= 0.3 is 5.97 Å². The lowest BCUT2D eigenvalue weighted by Gasteiger charge is -2.04. The lowest BCUT2D eigenvalue weighted by molar-refractivity contribution is -0.143. The van der Waals surface area contributed by atoms with E-state index in [0.717, 1.165) is 6.42 Å². The summed E-state index contributed by atoms with van der Waals surface area (Å²) >= 11 is 0. The highest BCUT2D eigenvalue weighted by Gasteiger charge is 2.00. The molecule has 25 heavy (non-hydrogen) atoms. The summed E-state index contributed by atoms with van der Waals surface area (Å²) in [6.45, 7) is 4.58. The van der Waals surface area contributed by atoms with Gasteiger partial charge < -0.3 is 4.74 Å². The van der Waals surface area contributed by atoms with Crippen molar-refractivity contribution in [3.63, 3.8) is 0 Å². The van der Waals surface area contributed by atoms with Crippen LogP contribution in [0.4, 0.5) is 0 Å². The molecule has 0 aliphatic carbocycles. The zero-order valence-electron chi connectivity index (χ0n) is 17.2. The van der Waals surface area contributed by atoms with E-state index in [0.29, 0.717) is 13.0 Å². The van der Waals surface area contributed by atoms with Crippen molar-refractivity contribution in [2.75, 3.05) is 6.61 Å². The van der Waals surface area contributed by atoms with Crippen LogP contribution in [-0.4, -0.2) is 12.6 Å². The molecule has 0 aliphatic heterocycles. The molecule has 0 rings (SSSR count). The molecule has 0 aromatic carbocycles. The minimum absolute atomic E-state index is 0.0316. The van der Waals surface area contributed by atoms with Crippen molar-refractivity contribution in [3.05, 3.63) is 12.2 Å². The topological polar surface area (TPSA) is 26.3 Å². The second-order valence-electron chi connectivity index (χ2n) is 7.17. The van der Waals surface area contributed by atoms with Crippen molar-refractivity contribution >= 4 is 5.97 Å². The van der Waals surface area contributed by atoms with Crippen LogP contribution in [0.25, 0.3) is 0 Å². The molecule has 2 nitrogen and oxygen atoms in total. The third kappa shape index (κ3) is 21.2. The van der Waals surface area contributed by atoms with E-state index in [1.807, 2.05) is 6.92 Å². The molecule has 0 aromatic heterocycles. The van der Waals surface area contributed by atoms with Crippen LogP contribution in [0.2, 0.25) is 0 Å². The Hall–Kier alpha value is -0.790. The first kappa shape index (κ1) is 24.2. The number of carbonyl (C=O) groups is 1. The molecule has 0 bridgehead atoms. The van der Waals surface area contributed by atoms with Crippen molar-refractivity contribution < 1.29 is 9.53 Å². The average molecular weight is 353 g/mol. The summed E-state index contributed by atoms with van der Waals surface area (Å²) in [5.41, 5.74) is 0. The van der Waals surface area contributed by atoms with E-state index >= 15 is 0 Å². The highest BCUT2D eigenvalue weighted by atomic mass is 16.5. The molecular formula is C23H44O2. The van der Waals surface area contributed by atoms with E-state index in [-0.39, 0.29) is 5.97 Å². The zero-order valence-corrected chi connectivity index (χ0v) is 17.2. The molecule has 0 spiro atoms. The lowest BCUT2D eigenvalue weighted by Crippen LogP contribution is -2.03. The maximum Gasteiger partial charge on any atom is 0.305 e. The Kier molecular flexibility index (Phi) is 20.6. The highest BCUT2D eigenvalue weighted by Crippen LogP contribution is 2.14. The van der Waals surface area contributed by atoms with Crippen LogP contribution < -0.4 is 0 Å². The number of ether oxygens (including phenoxy) is 1. The Morgan fingerprint density at radius 1 is 0.640 bits per heavy atom. The first-order valence-electron chi connectivity index (χ1n) is 11.1. The van der Waals surface area contributed by atoms with Gasteiger partial charge in [-0.2, -0.15) is 0 Å². The third-order valence-electron chi connectivity index (χ3n) is 4.71. The number of esters is 1. The quantitative estimate of drug-likeness (QED) is 0.135. The smallest absolute Gasteiger partial charge is 0.305 e. The minimum Gasteiger partial charge on any atom is -0.466 e.